The van der Waals surface area contributed by atoms with Gasteiger partial charge >= 0.3 is 8.25 Å². The molecule has 1 aliphatic heterocycles. The minimum absolute atomic E-state index is 0.112. The molecule has 0 N–H and O–H groups in total. The minimum atomic E-state index is -3.26. The van der Waals surface area contributed by atoms with Gasteiger partial charge in [0.2, 0.25) is 6.29 Å². The number of hydrogen-bond acceptors (Lipinski definition) is 8. The number of ether oxygens (including phenoxy) is 5. The molecule has 1 unspecified atom stereocenters. The Morgan fingerprint density at radius 1 is 0.558 bits per heavy atom. The molecule has 4 aromatic carbocycles. The number of hydrogen-bond donors (Lipinski definition) is 0. The largest absolute Gasteiger partial charge is 0.566 e. The fourth-order valence-corrected chi connectivity index (χ4v) is 5.26. The van der Waals surface area contributed by atoms with Crippen LogP contribution < -0.4 is 4.89 Å². The average molecular weight is 603 g/mol. The molecular weight excluding hydrogens is 567 g/mol. The van der Waals surface area contributed by atoms with Crippen molar-refractivity contribution in [2.24, 2.45) is 0 Å². The summed E-state index contributed by atoms with van der Waals surface area (Å²) in [6.45, 7) is 1.17. The van der Waals surface area contributed by atoms with Crippen LogP contribution in [0.5, 0.6) is 0 Å². The second-order valence-electron chi connectivity index (χ2n) is 10.2. The first-order chi connectivity index (χ1) is 21.2. The number of benzene rings is 4. The van der Waals surface area contributed by atoms with Crippen LogP contribution in [0.25, 0.3) is 0 Å². The van der Waals surface area contributed by atoms with Gasteiger partial charge in [0.15, 0.2) is 0 Å². The molecule has 6 atom stereocenters. The van der Waals surface area contributed by atoms with E-state index in [9.17, 15) is 9.46 Å². The predicted octanol–water partition coefficient (Wildman–Crippen LogP) is 5.72. The second-order valence-corrected chi connectivity index (χ2v) is 10.8. The van der Waals surface area contributed by atoms with Crippen LogP contribution in [0.3, 0.4) is 0 Å². The average Bonchev–Trinajstić information content (AvgIpc) is 3.04. The third kappa shape index (κ3) is 9.60. The fourth-order valence-electron chi connectivity index (χ4n) is 4.92. The smallest absolute Gasteiger partial charge is 0.491 e. The van der Waals surface area contributed by atoms with Gasteiger partial charge in [-0.15, -0.1) is 4.52 Å². The van der Waals surface area contributed by atoms with Crippen LogP contribution in [0.15, 0.2) is 121 Å². The van der Waals surface area contributed by atoms with E-state index in [1.54, 1.807) is 0 Å². The van der Waals surface area contributed by atoms with Crippen molar-refractivity contribution in [3.8, 4) is 0 Å². The molecule has 1 aliphatic rings. The standard InChI is InChI=1S/C34H35O8P/c35-43(36)42-34-33(40-24-29-19-11-4-12-20-29)32(39-23-28-17-9-3-10-18-28)31(38-22-27-15-7-2-8-16-27)30(41-34)25-37-21-26-13-5-1-6-14-26/h1-20,30-34H,21-25H2/t30-,31-,32+,33-,34+/m1/s1. The summed E-state index contributed by atoms with van der Waals surface area (Å²) >= 11 is 0. The van der Waals surface area contributed by atoms with Crippen LogP contribution in [0.4, 0.5) is 0 Å². The van der Waals surface area contributed by atoms with E-state index in [0.717, 1.165) is 22.3 Å². The lowest BCUT2D eigenvalue weighted by Crippen LogP contribution is -2.61. The van der Waals surface area contributed by atoms with Crippen molar-refractivity contribution in [2.45, 2.75) is 57.1 Å². The summed E-state index contributed by atoms with van der Waals surface area (Å²) in [6.07, 6.45) is -4.35. The SMILES string of the molecule is O=[P+]([O-])O[C@@H]1O[C@H](COCc2ccccc2)[C@@H](OCc2ccccc2)[C@H](OCc2ccccc2)[C@H]1OCc1ccccc1. The quantitative estimate of drug-likeness (QED) is 0.160. The molecule has 43 heavy (non-hydrogen) atoms. The van der Waals surface area contributed by atoms with Gasteiger partial charge in [0, 0.05) is 0 Å². The second kappa shape index (κ2) is 16.5. The predicted molar refractivity (Wildman–Crippen MR) is 159 cm³/mol. The monoisotopic (exact) mass is 602 g/mol. The van der Waals surface area contributed by atoms with E-state index >= 15 is 0 Å². The Labute approximate surface area is 253 Å². The van der Waals surface area contributed by atoms with E-state index in [-0.39, 0.29) is 26.4 Å². The molecule has 1 fully saturated rings. The third-order valence-electron chi connectivity index (χ3n) is 7.03. The molecule has 9 heteroatoms. The van der Waals surface area contributed by atoms with Gasteiger partial charge in [-0.1, -0.05) is 121 Å². The molecule has 0 aliphatic carbocycles. The van der Waals surface area contributed by atoms with Gasteiger partial charge in [0.05, 0.1) is 33.0 Å². The van der Waals surface area contributed by atoms with Crippen LogP contribution in [0.1, 0.15) is 22.3 Å². The molecule has 5 rings (SSSR count). The highest BCUT2D eigenvalue weighted by molar-refractivity contribution is 7.30. The molecule has 0 bridgehead atoms. The first-order valence-electron chi connectivity index (χ1n) is 14.2. The van der Waals surface area contributed by atoms with Crippen LogP contribution in [0.2, 0.25) is 0 Å². The first-order valence-corrected chi connectivity index (χ1v) is 15.3. The van der Waals surface area contributed by atoms with Crippen LogP contribution in [-0.2, 0) is 59.2 Å². The summed E-state index contributed by atoms with van der Waals surface area (Å²) in [5, 5.41) is 0. The van der Waals surface area contributed by atoms with Gasteiger partial charge in [-0.05, 0) is 26.8 Å². The molecule has 0 amide bonds. The molecule has 0 aromatic heterocycles. The minimum Gasteiger partial charge on any atom is -0.566 e. The lowest BCUT2D eigenvalue weighted by atomic mass is 9.98. The van der Waals surface area contributed by atoms with Crippen LogP contribution >= 0.6 is 8.25 Å². The zero-order valence-corrected chi connectivity index (χ0v) is 24.6. The zero-order valence-electron chi connectivity index (χ0n) is 23.7. The van der Waals surface area contributed by atoms with Gasteiger partial charge in [-0.25, -0.2) is 0 Å². The van der Waals surface area contributed by atoms with E-state index in [4.69, 9.17) is 28.2 Å². The van der Waals surface area contributed by atoms with Crippen molar-refractivity contribution in [3.05, 3.63) is 144 Å². The number of rotatable bonds is 15. The van der Waals surface area contributed by atoms with Crippen LogP contribution in [-0.4, -0.2) is 37.3 Å². The third-order valence-corrected chi connectivity index (χ3v) is 7.41. The molecule has 1 heterocycles. The van der Waals surface area contributed by atoms with Gasteiger partial charge in [0.25, 0.3) is 0 Å². The molecule has 224 valence electrons. The molecule has 8 nitrogen and oxygen atoms in total. The van der Waals surface area contributed by atoms with Gasteiger partial charge in [-0.2, -0.15) is 0 Å². The maximum absolute atomic E-state index is 11.8. The van der Waals surface area contributed by atoms with E-state index < -0.39 is 39.0 Å². The highest BCUT2D eigenvalue weighted by atomic mass is 31.1. The van der Waals surface area contributed by atoms with Gasteiger partial charge < -0.3 is 28.6 Å². The Balaban J connectivity index is 1.42. The summed E-state index contributed by atoms with van der Waals surface area (Å²) in [5.41, 5.74) is 3.82. The van der Waals surface area contributed by atoms with E-state index in [0.29, 0.717) is 6.61 Å². The zero-order chi connectivity index (χ0) is 29.7. The highest BCUT2D eigenvalue weighted by Gasteiger charge is 2.51. The van der Waals surface area contributed by atoms with E-state index in [1.165, 1.54) is 0 Å². The van der Waals surface area contributed by atoms with Crippen molar-refractivity contribution < 1.29 is 37.7 Å². The lowest BCUT2D eigenvalue weighted by Gasteiger charge is -2.44. The highest BCUT2D eigenvalue weighted by Crippen LogP contribution is 2.34. The van der Waals surface area contributed by atoms with Crippen molar-refractivity contribution in [2.75, 3.05) is 6.61 Å². The fraction of sp³-hybridized carbons (Fsp3) is 0.294. The maximum atomic E-state index is 11.8. The summed E-state index contributed by atoms with van der Waals surface area (Å²) in [6, 6.07) is 38.9. The summed E-state index contributed by atoms with van der Waals surface area (Å²) in [7, 11) is -3.26. The van der Waals surface area contributed by atoms with Gasteiger partial charge in [0.1, 0.15) is 24.4 Å². The van der Waals surface area contributed by atoms with Crippen molar-refractivity contribution in [1.29, 1.82) is 0 Å². The Morgan fingerprint density at radius 3 is 1.40 bits per heavy atom. The molecule has 0 spiro atoms. The van der Waals surface area contributed by atoms with Crippen molar-refractivity contribution >= 4 is 8.25 Å². The normalized spacial score (nSPS) is 22.3. The Morgan fingerprint density at radius 2 is 0.953 bits per heavy atom. The van der Waals surface area contributed by atoms with Gasteiger partial charge in [-0.3, -0.25) is 0 Å². The molecular formula is C34H35O8P. The Hall–Kier alpha value is -3.30. The van der Waals surface area contributed by atoms with Crippen molar-refractivity contribution in [3.63, 3.8) is 0 Å². The lowest BCUT2D eigenvalue weighted by molar-refractivity contribution is -0.318. The molecule has 4 aromatic rings. The summed E-state index contributed by atoms with van der Waals surface area (Å²) in [4.78, 5) is 11.8. The Bertz CT molecular complexity index is 1360. The maximum Gasteiger partial charge on any atom is 0.491 e. The summed E-state index contributed by atoms with van der Waals surface area (Å²) < 4.78 is 48.8. The van der Waals surface area contributed by atoms with Crippen LogP contribution in [0, 0.1) is 0 Å². The topological polar surface area (TPSA) is 95.5 Å². The first kappa shape index (κ1) is 31.1. The molecule has 1 saturated heterocycles. The Kier molecular flexibility index (Phi) is 12.0. The van der Waals surface area contributed by atoms with Crippen molar-refractivity contribution in [1.82, 2.24) is 0 Å². The molecule has 0 radical (unpaired) electrons. The van der Waals surface area contributed by atoms with E-state index in [1.807, 2.05) is 121 Å². The summed E-state index contributed by atoms with van der Waals surface area (Å²) in [5.74, 6) is 0. The molecule has 0 saturated carbocycles. The van der Waals surface area contributed by atoms with E-state index in [2.05, 4.69) is 0 Å².